The minimum atomic E-state index is -0.275. The van der Waals surface area contributed by atoms with Crippen LogP contribution in [0.5, 0.6) is 0 Å². The maximum atomic E-state index is 13.4. The van der Waals surface area contributed by atoms with Crippen LogP contribution in [0.1, 0.15) is 0 Å². The highest BCUT2D eigenvalue weighted by Gasteiger charge is 2.16. The summed E-state index contributed by atoms with van der Waals surface area (Å²) in [6, 6.07) is 20.1. The van der Waals surface area contributed by atoms with Gasteiger partial charge in [0, 0.05) is 28.9 Å². The lowest BCUT2D eigenvalue weighted by Gasteiger charge is -2.01. The van der Waals surface area contributed by atoms with Crippen LogP contribution in [0.2, 0.25) is 0 Å². The average Bonchev–Trinajstić information content (AvgIpc) is 3.43. The van der Waals surface area contributed by atoms with Gasteiger partial charge in [0.1, 0.15) is 17.0 Å². The molecule has 0 radical (unpaired) electrons. The number of pyridine rings is 2. The molecule has 0 unspecified atom stereocenters. The molecule has 6 nitrogen and oxygen atoms in total. The van der Waals surface area contributed by atoms with Crippen LogP contribution in [0.4, 0.5) is 4.39 Å². The Balaban J connectivity index is 1.51. The van der Waals surface area contributed by atoms with Crippen molar-refractivity contribution in [1.29, 1.82) is 0 Å². The van der Waals surface area contributed by atoms with Gasteiger partial charge in [-0.2, -0.15) is 5.10 Å². The van der Waals surface area contributed by atoms with Crippen LogP contribution in [-0.2, 0) is 0 Å². The third-order valence-corrected chi connectivity index (χ3v) is 5.29. The van der Waals surface area contributed by atoms with Gasteiger partial charge in [-0.1, -0.05) is 24.3 Å². The Morgan fingerprint density at radius 3 is 2.52 bits per heavy atom. The molecule has 31 heavy (non-hydrogen) atoms. The van der Waals surface area contributed by atoms with Crippen LogP contribution in [0, 0.1) is 5.82 Å². The Labute approximate surface area is 175 Å². The van der Waals surface area contributed by atoms with Crippen molar-refractivity contribution in [2.75, 3.05) is 0 Å². The van der Waals surface area contributed by atoms with Gasteiger partial charge in [0.2, 0.25) is 0 Å². The lowest BCUT2D eigenvalue weighted by Crippen LogP contribution is -1.84. The number of nitrogens with zero attached hydrogens (tertiary/aromatic N) is 4. The molecule has 0 spiro atoms. The first-order valence-corrected chi connectivity index (χ1v) is 9.77. The zero-order chi connectivity index (χ0) is 20.8. The Kier molecular flexibility index (Phi) is 3.86. The van der Waals surface area contributed by atoms with Crippen molar-refractivity contribution in [1.82, 2.24) is 30.1 Å². The number of imidazole rings is 1. The number of hydrogen-bond donors (Lipinski definition) is 2. The molecule has 0 bridgehead atoms. The maximum absolute atomic E-state index is 13.4. The lowest BCUT2D eigenvalue weighted by atomic mass is 10.1. The van der Waals surface area contributed by atoms with Gasteiger partial charge in [-0.05, 0) is 48.0 Å². The van der Waals surface area contributed by atoms with E-state index in [-0.39, 0.29) is 5.82 Å². The largest absolute Gasteiger partial charge is 0.321 e. The van der Waals surface area contributed by atoms with Crippen molar-refractivity contribution in [3.8, 4) is 33.9 Å². The maximum Gasteiger partial charge on any atom is 0.160 e. The Morgan fingerprint density at radius 2 is 1.68 bits per heavy atom. The van der Waals surface area contributed by atoms with Gasteiger partial charge < -0.3 is 4.98 Å². The number of aromatic amines is 2. The Bertz CT molecular complexity index is 1530. The van der Waals surface area contributed by atoms with Gasteiger partial charge in [-0.15, -0.1) is 0 Å². The van der Waals surface area contributed by atoms with Crippen molar-refractivity contribution in [3.63, 3.8) is 0 Å². The van der Waals surface area contributed by atoms with Gasteiger partial charge in [-0.3, -0.25) is 10.1 Å². The molecule has 2 N–H and O–H groups in total. The first-order chi connectivity index (χ1) is 15.3. The van der Waals surface area contributed by atoms with Gasteiger partial charge in [-0.25, -0.2) is 14.4 Å². The first-order valence-electron chi connectivity index (χ1n) is 9.77. The van der Waals surface area contributed by atoms with Crippen molar-refractivity contribution < 1.29 is 4.39 Å². The summed E-state index contributed by atoms with van der Waals surface area (Å²) in [4.78, 5) is 16.9. The lowest BCUT2D eigenvalue weighted by molar-refractivity contribution is 0.628. The van der Waals surface area contributed by atoms with Crippen LogP contribution in [0.25, 0.3) is 56.0 Å². The molecule has 0 amide bonds. The topological polar surface area (TPSA) is 83.1 Å². The van der Waals surface area contributed by atoms with E-state index in [1.165, 1.54) is 12.1 Å². The molecule has 0 aliphatic heterocycles. The van der Waals surface area contributed by atoms with Gasteiger partial charge in [0.25, 0.3) is 0 Å². The second-order valence-electron chi connectivity index (χ2n) is 7.20. The summed E-state index contributed by atoms with van der Waals surface area (Å²) in [7, 11) is 0. The average molecular weight is 406 g/mol. The molecule has 4 heterocycles. The minimum absolute atomic E-state index is 0.275. The highest BCUT2D eigenvalue weighted by molar-refractivity contribution is 5.97. The van der Waals surface area contributed by atoms with Crippen LogP contribution < -0.4 is 0 Å². The molecule has 6 rings (SSSR count). The number of halogens is 1. The van der Waals surface area contributed by atoms with E-state index in [9.17, 15) is 4.39 Å². The second-order valence-corrected chi connectivity index (χ2v) is 7.20. The fourth-order valence-corrected chi connectivity index (χ4v) is 3.77. The summed E-state index contributed by atoms with van der Waals surface area (Å²) in [5.41, 5.74) is 6.60. The number of rotatable bonds is 3. The molecule has 0 saturated heterocycles. The van der Waals surface area contributed by atoms with E-state index in [1.54, 1.807) is 24.5 Å². The fraction of sp³-hybridized carbons (Fsp3) is 0. The fourth-order valence-electron chi connectivity index (χ4n) is 3.77. The molecule has 6 aromatic rings. The van der Waals surface area contributed by atoms with Crippen molar-refractivity contribution in [3.05, 3.63) is 84.9 Å². The number of aromatic nitrogens is 6. The third kappa shape index (κ3) is 2.95. The van der Waals surface area contributed by atoms with E-state index in [0.717, 1.165) is 33.3 Å². The van der Waals surface area contributed by atoms with Gasteiger partial charge >= 0.3 is 0 Å². The SMILES string of the molecule is Fc1ccc(-c2ccnc3[nH]c(-c4n[nH]c5ccc(-c6ccccn6)cc45)nc23)cc1. The van der Waals surface area contributed by atoms with Crippen LogP contribution >= 0.6 is 0 Å². The van der Waals surface area contributed by atoms with Gasteiger partial charge in [0.15, 0.2) is 11.5 Å². The normalized spacial score (nSPS) is 11.4. The van der Waals surface area contributed by atoms with Crippen molar-refractivity contribution in [2.45, 2.75) is 0 Å². The van der Waals surface area contributed by atoms with E-state index in [4.69, 9.17) is 4.98 Å². The standard InChI is InChI=1S/C24H15FN6/c25-16-7-4-14(5-8-16)17-10-12-27-23-21(17)28-24(29-23)22-18-13-15(6-9-20(18)30-31-22)19-3-1-2-11-26-19/h1-13H,(H,30,31)(H,27,28,29). The molecule has 7 heteroatoms. The van der Waals surface area contributed by atoms with Gasteiger partial charge in [0.05, 0.1) is 11.2 Å². The summed E-state index contributed by atoms with van der Waals surface area (Å²) < 4.78 is 13.4. The monoisotopic (exact) mass is 406 g/mol. The van der Waals surface area contributed by atoms with E-state index in [2.05, 4.69) is 31.2 Å². The summed E-state index contributed by atoms with van der Waals surface area (Å²) in [6.45, 7) is 0. The molecule has 2 aromatic carbocycles. The molecule has 0 atom stereocenters. The minimum Gasteiger partial charge on any atom is -0.321 e. The van der Waals surface area contributed by atoms with Crippen molar-refractivity contribution >= 4 is 22.1 Å². The molecular formula is C24H15FN6. The summed E-state index contributed by atoms with van der Waals surface area (Å²) >= 11 is 0. The summed E-state index contributed by atoms with van der Waals surface area (Å²) in [6.07, 6.45) is 3.49. The molecule has 0 saturated carbocycles. The van der Waals surface area contributed by atoms with Crippen LogP contribution in [0.15, 0.2) is 79.1 Å². The molecule has 148 valence electrons. The number of H-pyrrole nitrogens is 2. The number of hydrogen-bond acceptors (Lipinski definition) is 4. The Morgan fingerprint density at radius 1 is 0.806 bits per heavy atom. The predicted octanol–water partition coefficient (Wildman–Crippen LogP) is 5.37. The van der Waals surface area contributed by atoms with E-state index in [1.807, 2.05) is 36.4 Å². The van der Waals surface area contributed by atoms with E-state index < -0.39 is 0 Å². The third-order valence-electron chi connectivity index (χ3n) is 5.29. The highest BCUT2D eigenvalue weighted by atomic mass is 19.1. The number of fused-ring (bicyclic) bond motifs is 2. The quantitative estimate of drug-likeness (QED) is 0.414. The number of nitrogens with one attached hydrogen (secondary N) is 2. The van der Waals surface area contributed by atoms with E-state index >= 15 is 0 Å². The summed E-state index contributed by atoms with van der Waals surface area (Å²) in [5.74, 6) is 0.338. The first kappa shape index (κ1) is 17.5. The van der Waals surface area contributed by atoms with Crippen molar-refractivity contribution in [2.24, 2.45) is 0 Å². The second kappa shape index (κ2) is 6.84. The van der Waals surface area contributed by atoms with E-state index in [0.29, 0.717) is 22.7 Å². The molecule has 0 aliphatic rings. The van der Waals surface area contributed by atoms with Crippen LogP contribution in [0.3, 0.4) is 0 Å². The molecule has 4 aromatic heterocycles. The molecule has 0 aliphatic carbocycles. The molecule has 0 fully saturated rings. The zero-order valence-electron chi connectivity index (χ0n) is 16.2. The predicted molar refractivity (Wildman–Crippen MR) is 118 cm³/mol. The smallest absolute Gasteiger partial charge is 0.160 e. The highest BCUT2D eigenvalue weighted by Crippen LogP contribution is 2.32. The Hall–Kier alpha value is -4.39. The van der Waals surface area contributed by atoms with Crippen LogP contribution in [-0.4, -0.2) is 30.1 Å². The zero-order valence-corrected chi connectivity index (χ0v) is 16.2. The summed E-state index contributed by atoms with van der Waals surface area (Å²) in [5, 5.41) is 8.50. The molecular weight excluding hydrogens is 391 g/mol. The number of benzene rings is 2.